The smallest absolute Gasteiger partial charge is 0.0724 e. The summed E-state index contributed by atoms with van der Waals surface area (Å²) in [6.07, 6.45) is 8.51. The van der Waals surface area contributed by atoms with Crippen LogP contribution >= 0.6 is 0 Å². The number of rotatable bonds is 1. The molecule has 0 bridgehead atoms. The third kappa shape index (κ3) is 2.54. The topological polar surface area (TPSA) is 29.5 Å². The van der Waals surface area contributed by atoms with Gasteiger partial charge in [-0.05, 0) is 32.6 Å². The highest BCUT2D eigenvalue weighted by Gasteiger charge is 2.42. The molecule has 0 amide bonds. The molecule has 1 N–H and O–H groups in total. The molecule has 2 heteroatoms. The summed E-state index contributed by atoms with van der Waals surface area (Å²) in [6.45, 7) is 4.17. The molecule has 2 fully saturated rings. The maximum atomic E-state index is 10.8. The maximum Gasteiger partial charge on any atom is 0.0724 e. The summed E-state index contributed by atoms with van der Waals surface area (Å²) in [5, 5.41) is 10.8. The first kappa shape index (κ1) is 11.4. The van der Waals surface area contributed by atoms with Gasteiger partial charge in [-0.2, -0.15) is 0 Å². The van der Waals surface area contributed by atoms with Gasteiger partial charge in [-0.3, -0.25) is 0 Å². The molecule has 1 saturated heterocycles. The van der Waals surface area contributed by atoms with E-state index in [-0.39, 0.29) is 12.2 Å². The standard InChI is InChI=1S/C13H24O2/c1-10-8-13(14,9-11(2)15-10)12-6-4-3-5-7-12/h10-12,14H,3-9H2,1-2H3. The van der Waals surface area contributed by atoms with Crippen LogP contribution in [0.5, 0.6) is 0 Å². The van der Waals surface area contributed by atoms with E-state index in [2.05, 4.69) is 13.8 Å². The monoisotopic (exact) mass is 212 g/mol. The number of ether oxygens (including phenoxy) is 1. The Kier molecular flexibility index (Phi) is 3.36. The molecule has 0 aromatic carbocycles. The Labute approximate surface area is 93.0 Å². The van der Waals surface area contributed by atoms with E-state index in [1.165, 1.54) is 32.1 Å². The molecule has 0 spiro atoms. The van der Waals surface area contributed by atoms with Gasteiger partial charge in [0.2, 0.25) is 0 Å². The fraction of sp³-hybridized carbons (Fsp3) is 1.00. The van der Waals surface area contributed by atoms with Crippen molar-refractivity contribution in [2.24, 2.45) is 5.92 Å². The van der Waals surface area contributed by atoms with Crippen LogP contribution in [-0.2, 0) is 4.74 Å². The Morgan fingerprint density at radius 3 is 2.07 bits per heavy atom. The highest BCUT2D eigenvalue weighted by Crippen LogP contribution is 2.41. The Balaban J connectivity index is 2.02. The van der Waals surface area contributed by atoms with Gasteiger partial charge in [0, 0.05) is 12.8 Å². The summed E-state index contributed by atoms with van der Waals surface area (Å²) in [7, 11) is 0. The first-order valence-corrected chi connectivity index (χ1v) is 6.48. The van der Waals surface area contributed by atoms with E-state index in [9.17, 15) is 5.11 Å². The van der Waals surface area contributed by atoms with E-state index in [1.807, 2.05) is 0 Å². The first-order chi connectivity index (χ1) is 7.10. The quantitative estimate of drug-likeness (QED) is 0.724. The lowest BCUT2D eigenvalue weighted by Crippen LogP contribution is -2.49. The van der Waals surface area contributed by atoms with E-state index in [0.717, 1.165) is 12.8 Å². The zero-order valence-electron chi connectivity index (χ0n) is 10.0. The molecule has 2 unspecified atom stereocenters. The van der Waals surface area contributed by atoms with Crippen LogP contribution in [0.25, 0.3) is 0 Å². The maximum absolute atomic E-state index is 10.8. The SMILES string of the molecule is CC1CC(O)(C2CCCCC2)CC(C)O1. The van der Waals surface area contributed by atoms with E-state index in [0.29, 0.717) is 5.92 Å². The fourth-order valence-electron chi connectivity index (χ4n) is 3.54. The van der Waals surface area contributed by atoms with E-state index in [4.69, 9.17) is 4.74 Å². The molecule has 2 aliphatic rings. The van der Waals surface area contributed by atoms with Crippen molar-refractivity contribution in [1.82, 2.24) is 0 Å². The molecule has 2 nitrogen and oxygen atoms in total. The summed E-state index contributed by atoms with van der Waals surface area (Å²) in [5.74, 6) is 0.528. The van der Waals surface area contributed by atoms with Crippen LogP contribution in [0.1, 0.15) is 58.8 Å². The lowest BCUT2D eigenvalue weighted by Gasteiger charge is -2.45. The van der Waals surface area contributed by atoms with Gasteiger partial charge in [-0.1, -0.05) is 19.3 Å². The van der Waals surface area contributed by atoms with Crippen molar-refractivity contribution in [3.05, 3.63) is 0 Å². The van der Waals surface area contributed by atoms with Crippen molar-refractivity contribution in [2.45, 2.75) is 76.6 Å². The number of hydrogen-bond acceptors (Lipinski definition) is 2. The fourth-order valence-corrected chi connectivity index (χ4v) is 3.54. The molecule has 1 aliphatic heterocycles. The second-order valence-corrected chi connectivity index (χ2v) is 5.60. The van der Waals surface area contributed by atoms with Crippen molar-refractivity contribution >= 4 is 0 Å². The van der Waals surface area contributed by atoms with E-state index < -0.39 is 5.60 Å². The molecule has 1 aliphatic carbocycles. The van der Waals surface area contributed by atoms with Gasteiger partial charge in [0.15, 0.2) is 0 Å². The third-order valence-corrected chi connectivity index (χ3v) is 4.11. The predicted molar refractivity (Wildman–Crippen MR) is 60.8 cm³/mol. The zero-order chi connectivity index (χ0) is 10.9. The molecule has 88 valence electrons. The van der Waals surface area contributed by atoms with Crippen LogP contribution < -0.4 is 0 Å². The Morgan fingerprint density at radius 2 is 1.53 bits per heavy atom. The predicted octanol–water partition coefficient (Wildman–Crippen LogP) is 2.89. The van der Waals surface area contributed by atoms with E-state index in [1.54, 1.807) is 0 Å². The highest BCUT2D eigenvalue weighted by molar-refractivity contribution is 4.93. The van der Waals surface area contributed by atoms with Crippen LogP contribution in [-0.4, -0.2) is 22.9 Å². The van der Waals surface area contributed by atoms with Crippen molar-refractivity contribution in [2.75, 3.05) is 0 Å². The van der Waals surface area contributed by atoms with Crippen molar-refractivity contribution in [3.8, 4) is 0 Å². The van der Waals surface area contributed by atoms with Crippen LogP contribution in [0, 0.1) is 5.92 Å². The van der Waals surface area contributed by atoms with Crippen molar-refractivity contribution < 1.29 is 9.84 Å². The molecule has 0 radical (unpaired) electrons. The summed E-state index contributed by atoms with van der Waals surface area (Å²) in [4.78, 5) is 0. The van der Waals surface area contributed by atoms with Crippen LogP contribution in [0.3, 0.4) is 0 Å². The van der Waals surface area contributed by atoms with Gasteiger partial charge >= 0.3 is 0 Å². The molecule has 1 saturated carbocycles. The molecule has 0 aromatic heterocycles. The first-order valence-electron chi connectivity index (χ1n) is 6.48. The minimum Gasteiger partial charge on any atom is -0.389 e. The van der Waals surface area contributed by atoms with Gasteiger partial charge in [0.1, 0.15) is 0 Å². The zero-order valence-corrected chi connectivity index (χ0v) is 10.0. The van der Waals surface area contributed by atoms with Crippen LogP contribution in [0.2, 0.25) is 0 Å². The second kappa shape index (κ2) is 4.42. The van der Waals surface area contributed by atoms with Gasteiger partial charge < -0.3 is 9.84 Å². The average molecular weight is 212 g/mol. The van der Waals surface area contributed by atoms with Gasteiger partial charge in [0.05, 0.1) is 17.8 Å². The largest absolute Gasteiger partial charge is 0.389 e. The lowest BCUT2D eigenvalue weighted by molar-refractivity contribution is -0.160. The molecule has 2 rings (SSSR count). The normalized spacial score (nSPS) is 44.2. The molecular formula is C13H24O2. The highest BCUT2D eigenvalue weighted by atomic mass is 16.5. The summed E-state index contributed by atoms with van der Waals surface area (Å²) < 4.78 is 5.71. The van der Waals surface area contributed by atoms with Gasteiger partial charge in [-0.25, -0.2) is 0 Å². The molecular weight excluding hydrogens is 188 g/mol. The van der Waals surface area contributed by atoms with Crippen LogP contribution in [0.15, 0.2) is 0 Å². The third-order valence-electron chi connectivity index (χ3n) is 4.11. The van der Waals surface area contributed by atoms with Gasteiger partial charge in [0.25, 0.3) is 0 Å². The Bertz CT molecular complexity index is 199. The minimum atomic E-state index is -0.433. The van der Waals surface area contributed by atoms with Crippen molar-refractivity contribution in [3.63, 3.8) is 0 Å². The summed E-state index contributed by atoms with van der Waals surface area (Å²) in [5.41, 5.74) is -0.433. The molecule has 2 atom stereocenters. The van der Waals surface area contributed by atoms with Crippen LogP contribution in [0.4, 0.5) is 0 Å². The number of hydrogen-bond donors (Lipinski definition) is 1. The average Bonchev–Trinajstić information content (AvgIpc) is 2.17. The minimum absolute atomic E-state index is 0.223. The summed E-state index contributed by atoms with van der Waals surface area (Å²) in [6, 6.07) is 0. The van der Waals surface area contributed by atoms with Crippen molar-refractivity contribution in [1.29, 1.82) is 0 Å². The molecule has 1 heterocycles. The second-order valence-electron chi connectivity index (χ2n) is 5.60. The lowest BCUT2D eigenvalue weighted by atomic mass is 9.71. The Morgan fingerprint density at radius 1 is 1.00 bits per heavy atom. The molecule has 15 heavy (non-hydrogen) atoms. The Hall–Kier alpha value is -0.0800. The molecule has 0 aromatic rings. The van der Waals surface area contributed by atoms with E-state index >= 15 is 0 Å². The van der Waals surface area contributed by atoms with Gasteiger partial charge in [-0.15, -0.1) is 0 Å². The number of aliphatic hydroxyl groups is 1. The summed E-state index contributed by atoms with van der Waals surface area (Å²) >= 11 is 0.